The molecule has 0 radical (unpaired) electrons. The number of benzene rings is 10. The Morgan fingerprint density at radius 2 is 0.559 bits per heavy atom. The fourth-order valence-electron chi connectivity index (χ4n) is 7.77. The van der Waals surface area contributed by atoms with E-state index in [9.17, 15) is 5.48 Å². The fraction of sp³-hybridized carbons (Fsp3) is 0. The zero-order chi connectivity index (χ0) is 42.9. The molecule has 10 aromatic carbocycles. The third kappa shape index (κ3) is 7.58. The first-order chi connectivity index (χ1) is 30.9. The quantitative estimate of drug-likeness (QED) is 0.142. The molecule has 0 saturated carbocycles. The van der Waals surface area contributed by atoms with Crippen LogP contribution < -0.4 is 4.90 Å². The summed E-state index contributed by atoms with van der Waals surface area (Å²) in [7, 11) is 0. The van der Waals surface area contributed by atoms with Gasteiger partial charge in [-0.15, -0.1) is 0 Å². The lowest BCUT2D eigenvalue weighted by molar-refractivity contribution is 1.28. The van der Waals surface area contributed by atoms with Gasteiger partial charge in [-0.3, -0.25) is 0 Å². The van der Waals surface area contributed by atoms with E-state index >= 15 is 0 Å². The van der Waals surface area contributed by atoms with E-state index in [0.29, 0.717) is 16.9 Å². The third-order valence-corrected chi connectivity index (χ3v) is 11.0. The molecule has 0 saturated heterocycles. The number of hydrogen-bond donors (Lipinski definition) is 0. The smallest absolute Gasteiger partial charge is 0.0645 e. The zero-order valence-electron chi connectivity index (χ0n) is 36.3. The van der Waals surface area contributed by atoms with E-state index in [1.165, 1.54) is 0 Å². The highest BCUT2D eigenvalue weighted by molar-refractivity contribution is 5.88. The fourth-order valence-corrected chi connectivity index (χ4v) is 7.77. The second kappa shape index (κ2) is 16.0. The molecule has 278 valence electrons. The summed E-state index contributed by atoms with van der Waals surface area (Å²) in [6.45, 7) is 0. The average Bonchev–Trinajstić information content (AvgIpc) is 3.35. The minimum Gasteiger partial charge on any atom is -0.311 e. The van der Waals surface area contributed by atoms with Crippen molar-refractivity contribution >= 4 is 27.8 Å². The maximum atomic E-state index is 9.56. The molecular formula is C58H41N. The van der Waals surface area contributed by atoms with Crippen LogP contribution in [-0.2, 0) is 0 Å². The van der Waals surface area contributed by atoms with E-state index in [1.807, 2.05) is 126 Å². The van der Waals surface area contributed by atoms with Gasteiger partial charge in [0.2, 0.25) is 0 Å². The Hall–Kier alpha value is -7.74. The number of nitrogens with zero attached hydrogens (tertiary/aromatic N) is 1. The van der Waals surface area contributed by atoms with Crippen LogP contribution in [0.4, 0.5) is 17.1 Å². The van der Waals surface area contributed by atoms with Crippen molar-refractivity contribution in [2.75, 3.05) is 4.90 Å². The molecule has 0 unspecified atom stereocenters. The summed E-state index contributed by atoms with van der Waals surface area (Å²) in [4.78, 5) is 1.85. The predicted molar refractivity (Wildman–Crippen MR) is 251 cm³/mol. The van der Waals surface area contributed by atoms with Crippen LogP contribution in [-0.4, -0.2) is 0 Å². The molecule has 0 N–H and O–H groups in total. The van der Waals surface area contributed by atoms with Crippen molar-refractivity contribution in [1.82, 2.24) is 0 Å². The monoisotopic (exact) mass is 755 g/mol. The standard InChI is InChI=1S/C58H41N/c1-3-10-42(11-4-1)45-18-22-47(23-19-45)49-28-34-56(35-29-49)59(57-36-30-50(31-37-57)48-24-20-46(21-25-48)43-12-5-2-6-13-43)58-38-32-51(33-39-58)53-16-9-17-54(40-53)55-27-26-44-14-7-8-15-52(44)41-55/h1-41H/i32D,33D,38D,39D. The van der Waals surface area contributed by atoms with Crippen molar-refractivity contribution in [3.63, 3.8) is 0 Å². The predicted octanol–water partition coefficient (Wildman–Crippen LogP) is 16.3. The molecule has 0 aliphatic carbocycles. The molecular weight excluding hydrogens is 711 g/mol. The molecule has 0 fully saturated rings. The minimum absolute atomic E-state index is 0.100. The lowest BCUT2D eigenvalue weighted by Crippen LogP contribution is -2.09. The SMILES string of the molecule is [2H]c1c([2H])c(N(c2ccc(-c3ccc(-c4ccccc4)cc3)cc2)c2ccc(-c3ccc(-c4ccccc4)cc3)cc2)c([2H])c([2H])c1-c1cccc(-c2ccc3ccccc3c2)c1. The molecule has 0 amide bonds. The summed E-state index contributed by atoms with van der Waals surface area (Å²) in [6.07, 6.45) is 0. The van der Waals surface area contributed by atoms with Gasteiger partial charge in [0, 0.05) is 17.1 Å². The van der Waals surface area contributed by atoms with Gasteiger partial charge in [0.1, 0.15) is 0 Å². The van der Waals surface area contributed by atoms with Crippen LogP contribution in [0.1, 0.15) is 5.48 Å². The van der Waals surface area contributed by atoms with E-state index in [-0.39, 0.29) is 35.4 Å². The first kappa shape index (κ1) is 31.4. The average molecular weight is 756 g/mol. The highest BCUT2D eigenvalue weighted by Gasteiger charge is 2.14. The van der Waals surface area contributed by atoms with Crippen molar-refractivity contribution in [3.8, 4) is 66.8 Å². The van der Waals surface area contributed by atoms with Gasteiger partial charge in [-0.1, -0.05) is 200 Å². The topological polar surface area (TPSA) is 3.24 Å². The van der Waals surface area contributed by atoms with Gasteiger partial charge in [0.05, 0.1) is 5.48 Å². The Kier molecular flexibility index (Phi) is 8.51. The van der Waals surface area contributed by atoms with Crippen LogP contribution in [0.5, 0.6) is 0 Å². The van der Waals surface area contributed by atoms with E-state index in [2.05, 4.69) is 103 Å². The van der Waals surface area contributed by atoms with E-state index in [4.69, 9.17) is 0 Å². The van der Waals surface area contributed by atoms with Gasteiger partial charge in [-0.25, -0.2) is 0 Å². The molecule has 0 spiro atoms. The Balaban J connectivity index is 1.04. The van der Waals surface area contributed by atoms with Crippen LogP contribution in [0.15, 0.2) is 249 Å². The van der Waals surface area contributed by atoms with Crippen LogP contribution in [0.2, 0.25) is 0 Å². The summed E-state index contributed by atoms with van der Waals surface area (Å²) < 4.78 is 38.0. The molecule has 0 heterocycles. The second-order valence-corrected chi connectivity index (χ2v) is 14.7. The van der Waals surface area contributed by atoms with Gasteiger partial charge < -0.3 is 4.90 Å². The van der Waals surface area contributed by atoms with Gasteiger partial charge in [-0.2, -0.15) is 0 Å². The van der Waals surface area contributed by atoms with E-state index in [0.717, 1.165) is 66.4 Å². The van der Waals surface area contributed by atoms with Gasteiger partial charge >= 0.3 is 0 Å². The number of hydrogen-bond acceptors (Lipinski definition) is 1. The van der Waals surface area contributed by atoms with E-state index in [1.54, 1.807) is 0 Å². The minimum atomic E-state index is -0.122. The first-order valence-corrected chi connectivity index (χ1v) is 19.9. The highest BCUT2D eigenvalue weighted by Crippen LogP contribution is 2.39. The lowest BCUT2D eigenvalue weighted by atomic mass is 9.97. The van der Waals surface area contributed by atoms with E-state index < -0.39 is 0 Å². The van der Waals surface area contributed by atoms with Crippen molar-refractivity contribution in [3.05, 3.63) is 249 Å². The Bertz CT molecular complexity index is 3060. The lowest BCUT2D eigenvalue weighted by Gasteiger charge is -2.26. The molecule has 0 aliphatic heterocycles. The van der Waals surface area contributed by atoms with Gasteiger partial charge in [-0.05, 0) is 126 Å². The Labute approximate surface area is 352 Å². The van der Waals surface area contributed by atoms with Crippen molar-refractivity contribution in [2.24, 2.45) is 0 Å². The normalized spacial score (nSPS) is 12.0. The summed E-state index contributed by atoms with van der Waals surface area (Å²) in [6, 6.07) is 75.6. The van der Waals surface area contributed by atoms with Crippen LogP contribution >= 0.6 is 0 Å². The number of anilines is 3. The van der Waals surface area contributed by atoms with Crippen LogP contribution in [0.25, 0.3) is 77.5 Å². The van der Waals surface area contributed by atoms with Gasteiger partial charge in [0.15, 0.2) is 0 Å². The van der Waals surface area contributed by atoms with Crippen molar-refractivity contribution in [2.45, 2.75) is 0 Å². The molecule has 0 aliphatic rings. The van der Waals surface area contributed by atoms with Crippen molar-refractivity contribution in [1.29, 1.82) is 0 Å². The van der Waals surface area contributed by atoms with Crippen LogP contribution in [0.3, 0.4) is 0 Å². The molecule has 59 heavy (non-hydrogen) atoms. The molecule has 10 aromatic rings. The molecule has 1 nitrogen and oxygen atoms in total. The van der Waals surface area contributed by atoms with Crippen molar-refractivity contribution < 1.29 is 5.48 Å². The zero-order valence-corrected chi connectivity index (χ0v) is 32.3. The summed E-state index contributed by atoms with van der Waals surface area (Å²) >= 11 is 0. The number of fused-ring (bicyclic) bond motifs is 1. The molecule has 0 atom stereocenters. The molecule has 10 rings (SSSR count). The largest absolute Gasteiger partial charge is 0.311 e. The summed E-state index contributed by atoms with van der Waals surface area (Å²) in [5.41, 5.74) is 13.2. The third-order valence-electron chi connectivity index (χ3n) is 11.0. The van der Waals surface area contributed by atoms with Crippen LogP contribution in [0, 0.1) is 0 Å². The summed E-state index contributed by atoms with van der Waals surface area (Å²) in [5.74, 6) is 0. The molecule has 0 aromatic heterocycles. The second-order valence-electron chi connectivity index (χ2n) is 14.7. The van der Waals surface area contributed by atoms with Gasteiger partial charge in [0.25, 0.3) is 0 Å². The highest BCUT2D eigenvalue weighted by atomic mass is 15.1. The summed E-state index contributed by atoms with van der Waals surface area (Å²) in [5, 5.41) is 2.27. The maximum absolute atomic E-state index is 9.56. The Morgan fingerprint density at radius 3 is 1.03 bits per heavy atom. The Morgan fingerprint density at radius 1 is 0.220 bits per heavy atom. The number of rotatable bonds is 9. The first-order valence-electron chi connectivity index (χ1n) is 21.9. The molecule has 0 bridgehead atoms. The maximum Gasteiger partial charge on any atom is 0.0645 e. The molecule has 1 heteroatoms.